The van der Waals surface area contributed by atoms with Gasteiger partial charge in [-0.2, -0.15) is 0 Å². The normalized spacial score (nSPS) is 11.6. The van der Waals surface area contributed by atoms with Crippen LogP contribution in [0, 0.1) is 0 Å². The monoisotopic (exact) mass is 254 g/mol. The summed E-state index contributed by atoms with van der Waals surface area (Å²) in [6, 6.07) is 8.10. The number of carbonyl (C=O) groups excluding carboxylic acids is 1. The molecule has 1 aromatic carbocycles. The Morgan fingerprint density at radius 3 is 2.53 bits per heavy atom. The van der Waals surface area contributed by atoms with Gasteiger partial charge >= 0.3 is 5.97 Å². The van der Waals surface area contributed by atoms with E-state index in [4.69, 9.17) is 0 Å². The zero-order valence-corrected chi connectivity index (χ0v) is 10.3. The number of esters is 1. The van der Waals surface area contributed by atoms with E-state index in [9.17, 15) is 13.2 Å². The molecular weight excluding hydrogens is 240 g/mol. The second kappa shape index (κ2) is 6.20. The van der Waals surface area contributed by atoms with Gasteiger partial charge in [-0.15, -0.1) is 0 Å². The molecule has 0 aliphatic rings. The van der Waals surface area contributed by atoms with Gasteiger partial charge in [-0.25, -0.2) is 13.2 Å². The third-order valence-corrected chi connectivity index (χ3v) is 3.58. The van der Waals surface area contributed by atoms with Gasteiger partial charge in [0, 0.05) is 6.08 Å². The SMILES string of the molecule is CCOC(=O)/C=C/CS(=O)(=O)c1ccccc1. The van der Waals surface area contributed by atoms with E-state index in [1.54, 1.807) is 25.1 Å². The van der Waals surface area contributed by atoms with Crippen LogP contribution in [-0.2, 0) is 19.4 Å². The highest BCUT2D eigenvalue weighted by Gasteiger charge is 2.11. The molecule has 1 rings (SSSR count). The smallest absolute Gasteiger partial charge is 0.330 e. The van der Waals surface area contributed by atoms with Gasteiger partial charge in [-0.05, 0) is 19.1 Å². The number of sulfone groups is 1. The van der Waals surface area contributed by atoms with Gasteiger partial charge in [0.15, 0.2) is 9.84 Å². The van der Waals surface area contributed by atoms with E-state index in [0.717, 1.165) is 6.08 Å². The quantitative estimate of drug-likeness (QED) is 0.591. The van der Waals surface area contributed by atoms with Gasteiger partial charge in [0.05, 0.1) is 17.3 Å². The molecule has 0 N–H and O–H groups in total. The Hall–Kier alpha value is -1.62. The molecule has 0 fully saturated rings. The molecule has 0 radical (unpaired) electrons. The Labute approximate surface area is 101 Å². The minimum Gasteiger partial charge on any atom is -0.463 e. The maximum Gasteiger partial charge on any atom is 0.330 e. The van der Waals surface area contributed by atoms with Gasteiger partial charge in [0.1, 0.15) is 0 Å². The first-order valence-electron chi connectivity index (χ1n) is 5.17. The van der Waals surface area contributed by atoms with E-state index in [2.05, 4.69) is 4.74 Å². The summed E-state index contributed by atoms with van der Waals surface area (Å²) in [6.07, 6.45) is 2.42. The second-order valence-corrected chi connectivity index (χ2v) is 5.28. The minimum atomic E-state index is -3.37. The fraction of sp³-hybridized carbons (Fsp3) is 0.250. The third kappa shape index (κ3) is 4.40. The van der Waals surface area contributed by atoms with Crippen molar-refractivity contribution in [2.75, 3.05) is 12.4 Å². The van der Waals surface area contributed by atoms with Crippen LogP contribution in [0.5, 0.6) is 0 Å². The van der Waals surface area contributed by atoms with Gasteiger partial charge < -0.3 is 4.74 Å². The molecule has 0 spiro atoms. The van der Waals surface area contributed by atoms with Crippen LogP contribution in [0.1, 0.15) is 6.92 Å². The maximum atomic E-state index is 11.8. The lowest BCUT2D eigenvalue weighted by Crippen LogP contribution is -2.06. The van der Waals surface area contributed by atoms with Gasteiger partial charge in [0.2, 0.25) is 0 Å². The average molecular weight is 254 g/mol. The lowest BCUT2D eigenvalue weighted by Gasteiger charge is -2.00. The predicted octanol–water partition coefficient (Wildman–Crippen LogP) is 1.58. The fourth-order valence-corrected chi connectivity index (χ4v) is 2.30. The first-order chi connectivity index (χ1) is 8.06. The highest BCUT2D eigenvalue weighted by Crippen LogP contribution is 2.09. The summed E-state index contributed by atoms with van der Waals surface area (Å²) in [7, 11) is -3.37. The molecule has 0 bridgehead atoms. The summed E-state index contributed by atoms with van der Waals surface area (Å²) in [5.41, 5.74) is 0. The molecule has 0 aliphatic heterocycles. The summed E-state index contributed by atoms with van der Waals surface area (Å²) in [5, 5.41) is 0. The predicted molar refractivity (Wildman–Crippen MR) is 64.3 cm³/mol. The Balaban J connectivity index is 2.66. The summed E-state index contributed by atoms with van der Waals surface area (Å²) in [5.74, 6) is -0.744. The van der Waals surface area contributed by atoms with Gasteiger partial charge in [-0.3, -0.25) is 0 Å². The van der Waals surface area contributed by atoms with Crippen LogP contribution in [0.15, 0.2) is 47.4 Å². The Kier molecular flexibility index (Phi) is 4.90. The zero-order chi connectivity index (χ0) is 12.7. The van der Waals surface area contributed by atoms with E-state index in [-0.39, 0.29) is 17.3 Å². The van der Waals surface area contributed by atoms with Crippen molar-refractivity contribution in [3.8, 4) is 0 Å². The summed E-state index contributed by atoms with van der Waals surface area (Å²) in [4.78, 5) is 11.2. The number of ether oxygens (including phenoxy) is 1. The standard InChI is InChI=1S/C12H14O4S/c1-2-16-12(13)9-6-10-17(14,15)11-7-4-3-5-8-11/h3-9H,2,10H2,1H3/b9-6+. The molecule has 0 heterocycles. The summed E-state index contributed by atoms with van der Waals surface area (Å²) in [6.45, 7) is 1.96. The molecule has 0 unspecified atom stereocenters. The van der Waals surface area contributed by atoms with Crippen molar-refractivity contribution in [1.29, 1.82) is 0 Å². The Morgan fingerprint density at radius 2 is 1.94 bits per heavy atom. The highest BCUT2D eigenvalue weighted by molar-refractivity contribution is 7.91. The Morgan fingerprint density at radius 1 is 1.29 bits per heavy atom. The van der Waals surface area contributed by atoms with Crippen LogP contribution < -0.4 is 0 Å². The maximum absolute atomic E-state index is 11.8. The van der Waals surface area contributed by atoms with Crippen LogP contribution in [0.2, 0.25) is 0 Å². The lowest BCUT2D eigenvalue weighted by molar-refractivity contribution is -0.137. The first-order valence-corrected chi connectivity index (χ1v) is 6.82. The van der Waals surface area contributed by atoms with Crippen molar-refractivity contribution >= 4 is 15.8 Å². The van der Waals surface area contributed by atoms with Gasteiger partial charge in [-0.1, -0.05) is 24.3 Å². The van der Waals surface area contributed by atoms with Crippen molar-refractivity contribution in [1.82, 2.24) is 0 Å². The van der Waals surface area contributed by atoms with E-state index >= 15 is 0 Å². The molecular formula is C12H14O4S. The molecule has 5 heteroatoms. The van der Waals surface area contributed by atoms with Crippen molar-refractivity contribution in [2.45, 2.75) is 11.8 Å². The minimum absolute atomic E-state index is 0.212. The molecule has 0 amide bonds. The van der Waals surface area contributed by atoms with Crippen LogP contribution in [-0.4, -0.2) is 26.7 Å². The number of carbonyl (C=O) groups is 1. The Bertz CT molecular complexity index is 488. The van der Waals surface area contributed by atoms with E-state index in [1.807, 2.05) is 0 Å². The number of benzene rings is 1. The van der Waals surface area contributed by atoms with E-state index in [1.165, 1.54) is 18.2 Å². The van der Waals surface area contributed by atoms with Crippen molar-refractivity contribution in [3.05, 3.63) is 42.5 Å². The fourth-order valence-electron chi connectivity index (χ4n) is 1.19. The van der Waals surface area contributed by atoms with Crippen LogP contribution in [0.3, 0.4) is 0 Å². The van der Waals surface area contributed by atoms with Crippen LogP contribution >= 0.6 is 0 Å². The molecule has 0 saturated heterocycles. The first kappa shape index (κ1) is 13.4. The van der Waals surface area contributed by atoms with Crippen molar-refractivity contribution in [2.24, 2.45) is 0 Å². The molecule has 0 saturated carbocycles. The van der Waals surface area contributed by atoms with Gasteiger partial charge in [0.25, 0.3) is 0 Å². The molecule has 0 atom stereocenters. The average Bonchev–Trinajstić information content (AvgIpc) is 2.30. The van der Waals surface area contributed by atoms with Crippen molar-refractivity contribution in [3.63, 3.8) is 0 Å². The number of hydrogen-bond acceptors (Lipinski definition) is 4. The summed E-state index contributed by atoms with van der Waals surface area (Å²) >= 11 is 0. The number of hydrogen-bond donors (Lipinski definition) is 0. The molecule has 17 heavy (non-hydrogen) atoms. The third-order valence-electron chi connectivity index (χ3n) is 1.96. The van der Waals surface area contributed by atoms with E-state index in [0.29, 0.717) is 0 Å². The molecule has 0 aliphatic carbocycles. The van der Waals surface area contributed by atoms with Crippen molar-refractivity contribution < 1.29 is 17.9 Å². The molecule has 0 aromatic heterocycles. The highest BCUT2D eigenvalue weighted by atomic mass is 32.2. The lowest BCUT2D eigenvalue weighted by atomic mass is 10.4. The molecule has 4 nitrogen and oxygen atoms in total. The summed E-state index contributed by atoms with van der Waals surface area (Å²) < 4.78 is 28.2. The molecule has 1 aromatic rings. The largest absolute Gasteiger partial charge is 0.463 e. The van der Waals surface area contributed by atoms with Crippen LogP contribution in [0.4, 0.5) is 0 Å². The molecule has 92 valence electrons. The topological polar surface area (TPSA) is 60.4 Å². The van der Waals surface area contributed by atoms with E-state index < -0.39 is 15.8 Å². The zero-order valence-electron chi connectivity index (χ0n) is 9.50. The van der Waals surface area contributed by atoms with Crippen LogP contribution in [0.25, 0.3) is 0 Å². The second-order valence-electron chi connectivity index (χ2n) is 3.25. The number of rotatable bonds is 5.